The van der Waals surface area contributed by atoms with Crippen LogP contribution in [-0.2, 0) is 14.3 Å². The summed E-state index contributed by atoms with van der Waals surface area (Å²) >= 11 is 0. The summed E-state index contributed by atoms with van der Waals surface area (Å²) in [6.45, 7) is 2.19. The molecular formula is C16H19N3O3. The van der Waals surface area contributed by atoms with Crippen molar-refractivity contribution in [2.45, 2.75) is 25.8 Å². The number of allylic oxidation sites excluding steroid dienone is 1. The number of hydrazone groups is 1. The fourth-order valence-corrected chi connectivity index (χ4v) is 2.12. The molecule has 1 aromatic carbocycles. The van der Waals surface area contributed by atoms with Gasteiger partial charge < -0.3 is 10.5 Å². The molecule has 6 heteroatoms. The third-order valence-corrected chi connectivity index (χ3v) is 3.21. The Kier molecular flexibility index (Phi) is 5.30. The number of anilines is 1. The summed E-state index contributed by atoms with van der Waals surface area (Å²) in [5.41, 5.74) is 6.32. The van der Waals surface area contributed by atoms with Crippen LogP contribution in [0.3, 0.4) is 0 Å². The number of hydrogen-bond donors (Lipinski definition) is 1. The third-order valence-electron chi connectivity index (χ3n) is 3.21. The SMILES string of the molecule is CC/C=C/COC(=O)C1=NN(c2ccccc2)C(C(N)=O)C1. The molecule has 1 heterocycles. The summed E-state index contributed by atoms with van der Waals surface area (Å²) in [5, 5.41) is 5.68. The van der Waals surface area contributed by atoms with Gasteiger partial charge in [0.05, 0.1) is 5.69 Å². The zero-order valence-corrected chi connectivity index (χ0v) is 12.4. The zero-order chi connectivity index (χ0) is 15.9. The van der Waals surface area contributed by atoms with E-state index < -0.39 is 17.9 Å². The topological polar surface area (TPSA) is 85.0 Å². The molecule has 0 bridgehead atoms. The van der Waals surface area contributed by atoms with Gasteiger partial charge in [-0.2, -0.15) is 5.10 Å². The highest BCUT2D eigenvalue weighted by molar-refractivity contribution is 6.38. The second-order valence-electron chi connectivity index (χ2n) is 4.83. The van der Waals surface area contributed by atoms with Crippen LogP contribution in [0.4, 0.5) is 5.69 Å². The molecule has 2 rings (SSSR count). The summed E-state index contributed by atoms with van der Waals surface area (Å²) in [6.07, 6.45) is 4.71. The maximum Gasteiger partial charge on any atom is 0.354 e. The van der Waals surface area contributed by atoms with E-state index in [-0.39, 0.29) is 18.7 Å². The molecule has 0 aromatic heterocycles. The van der Waals surface area contributed by atoms with Crippen molar-refractivity contribution in [3.8, 4) is 0 Å². The average molecular weight is 301 g/mol. The van der Waals surface area contributed by atoms with E-state index in [1.165, 1.54) is 5.01 Å². The van der Waals surface area contributed by atoms with E-state index in [1.54, 1.807) is 18.2 Å². The third kappa shape index (κ3) is 3.72. The molecular weight excluding hydrogens is 282 g/mol. The Morgan fingerprint density at radius 1 is 1.36 bits per heavy atom. The van der Waals surface area contributed by atoms with Gasteiger partial charge in [0.25, 0.3) is 0 Å². The normalized spacial score (nSPS) is 17.6. The van der Waals surface area contributed by atoms with E-state index in [4.69, 9.17) is 10.5 Å². The molecule has 6 nitrogen and oxygen atoms in total. The number of primary amides is 1. The van der Waals surface area contributed by atoms with E-state index >= 15 is 0 Å². The summed E-state index contributed by atoms with van der Waals surface area (Å²) < 4.78 is 5.10. The zero-order valence-electron chi connectivity index (χ0n) is 12.4. The summed E-state index contributed by atoms with van der Waals surface area (Å²) in [5.74, 6) is -1.05. The Hall–Kier alpha value is -2.63. The van der Waals surface area contributed by atoms with Crippen LogP contribution in [0.15, 0.2) is 47.6 Å². The van der Waals surface area contributed by atoms with Crippen molar-refractivity contribution in [1.82, 2.24) is 0 Å². The van der Waals surface area contributed by atoms with Gasteiger partial charge in [0.1, 0.15) is 18.4 Å². The lowest BCUT2D eigenvalue weighted by Crippen LogP contribution is -2.39. The second kappa shape index (κ2) is 7.40. The van der Waals surface area contributed by atoms with Crippen LogP contribution in [0.5, 0.6) is 0 Å². The first kappa shape index (κ1) is 15.8. The minimum Gasteiger partial charge on any atom is -0.457 e. The number of para-hydroxylation sites is 1. The molecule has 1 aromatic rings. The Labute approximate surface area is 129 Å². The highest BCUT2D eigenvalue weighted by Gasteiger charge is 2.35. The number of ether oxygens (including phenoxy) is 1. The van der Waals surface area contributed by atoms with Crippen molar-refractivity contribution in [3.63, 3.8) is 0 Å². The lowest BCUT2D eigenvalue weighted by molar-refractivity contribution is -0.134. The highest BCUT2D eigenvalue weighted by Crippen LogP contribution is 2.24. The van der Waals surface area contributed by atoms with E-state index in [1.807, 2.05) is 31.2 Å². The quantitative estimate of drug-likeness (QED) is 0.639. The van der Waals surface area contributed by atoms with Crippen molar-refractivity contribution < 1.29 is 14.3 Å². The fraction of sp³-hybridized carbons (Fsp3) is 0.312. The Morgan fingerprint density at radius 2 is 2.09 bits per heavy atom. The number of nitrogens with zero attached hydrogens (tertiary/aromatic N) is 2. The maximum atomic E-state index is 12.0. The van der Waals surface area contributed by atoms with Crippen LogP contribution in [0.1, 0.15) is 19.8 Å². The molecule has 0 saturated heterocycles. The summed E-state index contributed by atoms with van der Waals surface area (Å²) in [7, 11) is 0. The van der Waals surface area contributed by atoms with Crippen molar-refractivity contribution in [2.24, 2.45) is 10.8 Å². The molecule has 2 N–H and O–H groups in total. The molecule has 116 valence electrons. The standard InChI is InChI=1S/C16H19N3O3/c1-2-3-7-10-22-16(21)13-11-14(15(17)20)19(18-13)12-8-5-4-6-9-12/h3-9,14H,2,10-11H2,1H3,(H2,17,20)/b7-3+. The van der Waals surface area contributed by atoms with E-state index in [0.717, 1.165) is 6.42 Å². The molecule has 1 amide bonds. The fourth-order valence-electron chi connectivity index (χ4n) is 2.12. The number of nitrogens with two attached hydrogens (primary N) is 1. The van der Waals surface area contributed by atoms with E-state index in [0.29, 0.717) is 5.69 Å². The van der Waals surface area contributed by atoms with Gasteiger partial charge in [-0.3, -0.25) is 9.80 Å². The van der Waals surface area contributed by atoms with Gasteiger partial charge in [-0.05, 0) is 18.6 Å². The number of esters is 1. The minimum atomic E-state index is -0.670. The molecule has 22 heavy (non-hydrogen) atoms. The molecule has 0 radical (unpaired) electrons. The number of hydrogen-bond acceptors (Lipinski definition) is 5. The van der Waals surface area contributed by atoms with Crippen LogP contribution in [0.25, 0.3) is 0 Å². The number of amides is 1. The van der Waals surface area contributed by atoms with Gasteiger partial charge in [-0.1, -0.05) is 37.3 Å². The van der Waals surface area contributed by atoms with Crippen molar-refractivity contribution in [3.05, 3.63) is 42.5 Å². The molecule has 1 aliphatic rings. The highest BCUT2D eigenvalue weighted by atomic mass is 16.5. The second-order valence-corrected chi connectivity index (χ2v) is 4.83. The largest absolute Gasteiger partial charge is 0.457 e. The van der Waals surface area contributed by atoms with Crippen molar-refractivity contribution >= 4 is 23.3 Å². The molecule has 1 unspecified atom stereocenters. The van der Waals surface area contributed by atoms with Crippen LogP contribution in [0, 0.1) is 0 Å². The van der Waals surface area contributed by atoms with Gasteiger partial charge in [0, 0.05) is 6.42 Å². The van der Waals surface area contributed by atoms with Crippen molar-refractivity contribution in [2.75, 3.05) is 11.6 Å². The van der Waals surface area contributed by atoms with E-state index in [9.17, 15) is 9.59 Å². The average Bonchev–Trinajstić information content (AvgIpc) is 2.98. The van der Waals surface area contributed by atoms with Gasteiger partial charge in [0.2, 0.25) is 5.91 Å². The predicted molar refractivity (Wildman–Crippen MR) is 84.3 cm³/mol. The first-order valence-corrected chi connectivity index (χ1v) is 7.16. The van der Waals surface area contributed by atoms with Crippen LogP contribution in [-0.4, -0.2) is 30.2 Å². The lowest BCUT2D eigenvalue weighted by Gasteiger charge is -2.20. The molecule has 1 atom stereocenters. The molecule has 0 fully saturated rings. The minimum absolute atomic E-state index is 0.153. The van der Waals surface area contributed by atoms with E-state index in [2.05, 4.69) is 5.10 Å². The van der Waals surface area contributed by atoms with Crippen LogP contribution < -0.4 is 10.7 Å². The van der Waals surface area contributed by atoms with Gasteiger partial charge in [-0.25, -0.2) is 4.79 Å². The molecule has 0 spiro atoms. The molecule has 1 aliphatic heterocycles. The lowest BCUT2D eigenvalue weighted by atomic mass is 10.1. The molecule has 0 saturated carbocycles. The van der Waals surface area contributed by atoms with Crippen LogP contribution >= 0.6 is 0 Å². The Morgan fingerprint density at radius 3 is 2.73 bits per heavy atom. The first-order chi connectivity index (χ1) is 10.6. The Balaban J connectivity index is 2.11. The van der Waals surface area contributed by atoms with Gasteiger partial charge in [-0.15, -0.1) is 0 Å². The van der Waals surface area contributed by atoms with Gasteiger partial charge >= 0.3 is 5.97 Å². The number of benzene rings is 1. The number of carbonyl (C=O) groups excluding carboxylic acids is 2. The number of carbonyl (C=O) groups is 2. The monoisotopic (exact) mass is 301 g/mol. The van der Waals surface area contributed by atoms with Crippen LogP contribution in [0.2, 0.25) is 0 Å². The van der Waals surface area contributed by atoms with Gasteiger partial charge in [0.15, 0.2) is 0 Å². The predicted octanol–water partition coefficient (Wildman–Crippen LogP) is 1.62. The summed E-state index contributed by atoms with van der Waals surface area (Å²) in [6, 6.07) is 8.45. The Bertz CT molecular complexity index is 596. The summed E-state index contributed by atoms with van der Waals surface area (Å²) in [4.78, 5) is 23.6. The maximum absolute atomic E-state index is 12.0. The molecule has 0 aliphatic carbocycles. The van der Waals surface area contributed by atoms with Crippen molar-refractivity contribution in [1.29, 1.82) is 0 Å². The number of rotatable bonds is 6. The smallest absolute Gasteiger partial charge is 0.354 e. The first-order valence-electron chi connectivity index (χ1n) is 7.16.